The van der Waals surface area contributed by atoms with Crippen LogP contribution in [0.5, 0.6) is 0 Å². The third-order valence-corrected chi connectivity index (χ3v) is 5.91. The Morgan fingerprint density at radius 2 is 2.19 bits per heavy atom. The molecule has 2 heterocycles. The first-order valence-electron chi connectivity index (χ1n) is 6.99. The van der Waals surface area contributed by atoms with Crippen LogP contribution >= 0.6 is 23.1 Å². The van der Waals surface area contributed by atoms with Crippen molar-refractivity contribution in [2.75, 3.05) is 11.5 Å². The Morgan fingerprint density at radius 1 is 1.38 bits per heavy atom. The number of thiophene rings is 1. The Morgan fingerprint density at radius 3 is 2.95 bits per heavy atom. The average Bonchev–Trinajstić information content (AvgIpc) is 2.91. The molecule has 0 fully saturated rings. The standard InChI is InChI=1S/C16H18N2OS2/c1-10(12-4-2-3-5-13(12)17)18-16(19)15-8-11-9-20-7-6-14(11)21-15/h2-5,8,10H,6-7,9,17H2,1H3,(H,18,19). The number of hydrogen-bond donors (Lipinski definition) is 2. The van der Waals surface area contributed by atoms with Crippen LogP contribution in [0, 0.1) is 0 Å². The molecular formula is C16H18N2OS2. The molecule has 1 aromatic carbocycles. The number of amides is 1. The minimum atomic E-state index is -0.0906. The van der Waals surface area contributed by atoms with Gasteiger partial charge in [0.1, 0.15) is 0 Å². The van der Waals surface area contributed by atoms with Gasteiger partial charge in [-0.05, 0) is 42.4 Å². The lowest BCUT2D eigenvalue weighted by molar-refractivity contribution is 0.0944. The number of thioether (sulfide) groups is 1. The molecule has 1 unspecified atom stereocenters. The maximum atomic E-state index is 12.4. The van der Waals surface area contributed by atoms with E-state index < -0.39 is 0 Å². The Labute approximate surface area is 132 Å². The van der Waals surface area contributed by atoms with E-state index in [1.54, 1.807) is 11.3 Å². The first-order chi connectivity index (χ1) is 10.1. The topological polar surface area (TPSA) is 55.1 Å². The number of hydrogen-bond acceptors (Lipinski definition) is 4. The predicted molar refractivity (Wildman–Crippen MR) is 90.9 cm³/mol. The van der Waals surface area contributed by atoms with Crippen molar-refractivity contribution in [3.63, 3.8) is 0 Å². The fourth-order valence-electron chi connectivity index (χ4n) is 2.51. The number of anilines is 1. The summed E-state index contributed by atoms with van der Waals surface area (Å²) in [4.78, 5) is 14.6. The Balaban J connectivity index is 1.74. The van der Waals surface area contributed by atoms with Crippen LogP contribution in [0.25, 0.3) is 0 Å². The summed E-state index contributed by atoms with van der Waals surface area (Å²) in [6, 6.07) is 9.61. The highest BCUT2D eigenvalue weighted by Crippen LogP contribution is 2.32. The van der Waals surface area contributed by atoms with Crippen molar-refractivity contribution in [1.29, 1.82) is 0 Å². The number of carbonyl (C=O) groups excluding carboxylic acids is 1. The summed E-state index contributed by atoms with van der Waals surface area (Å²) >= 11 is 3.56. The maximum Gasteiger partial charge on any atom is 0.261 e. The lowest BCUT2D eigenvalue weighted by atomic mass is 10.1. The van der Waals surface area contributed by atoms with E-state index in [4.69, 9.17) is 5.73 Å². The fraction of sp³-hybridized carbons (Fsp3) is 0.312. The van der Waals surface area contributed by atoms with Crippen LogP contribution in [0.1, 0.15) is 38.6 Å². The molecule has 5 heteroatoms. The van der Waals surface area contributed by atoms with E-state index in [0.717, 1.165) is 28.4 Å². The van der Waals surface area contributed by atoms with E-state index in [1.807, 2.05) is 49.0 Å². The molecular weight excluding hydrogens is 300 g/mol. The number of fused-ring (bicyclic) bond motifs is 1. The molecule has 1 aliphatic heterocycles. The maximum absolute atomic E-state index is 12.4. The molecule has 0 saturated heterocycles. The second kappa shape index (κ2) is 6.12. The summed E-state index contributed by atoms with van der Waals surface area (Å²) < 4.78 is 0. The number of carbonyl (C=O) groups is 1. The van der Waals surface area contributed by atoms with Gasteiger partial charge in [0, 0.05) is 16.3 Å². The van der Waals surface area contributed by atoms with Crippen LogP contribution in [0.3, 0.4) is 0 Å². The number of para-hydroxylation sites is 1. The molecule has 110 valence electrons. The van der Waals surface area contributed by atoms with E-state index in [-0.39, 0.29) is 11.9 Å². The average molecular weight is 318 g/mol. The molecule has 3 nitrogen and oxygen atoms in total. The Hall–Kier alpha value is -1.46. The molecule has 0 bridgehead atoms. The van der Waals surface area contributed by atoms with Gasteiger partial charge in [0.25, 0.3) is 5.91 Å². The minimum Gasteiger partial charge on any atom is -0.398 e. The van der Waals surface area contributed by atoms with Gasteiger partial charge in [-0.3, -0.25) is 4.79 Å². The van der Waals surface area contributed by atoms with Crippen LogP contribution in [-0.4, -0.2) is 11.7 Å². The van der Waals surface area contributed by atoms with Crippen molar-refractivity contribution in [2.24, 2.45) is 0 Å². The van der Waals surface area contributed by atoms with Crippen LogP contribution in [0.15, 0.2) is 30.3 Å². The van der Waals surface area contributed by atoms with Gasteiger partial charge in [0.05, 0.1) is 10.9 Å². The monoisotopic (exact) mass is 318 g/mol. The van der Waals surface area contributed by atoms with Crippen molar-refractivity contribution < 1.29 is 4.79 Å². The molecule has 3 N–H and O–H groups in total. The van der Waals surface area contributed by atoms with Crippen LogP contribution in [0.4, 0.5) is 5.69 Å². The molecule has 21 heavy (non-hydrogen) atoms. The van der Waals surface area contributed by atoms with E-state index in [1.165, 1.54) is 10.4 Å². The molecule has 3 rings (SSSR count). The van der Waals surface area contributed by atoms with E-state index >= 15 is 0 Å². The van der Waals surface area contributed by atoms with Gasteiger partial charge >= 0.3 is 0 Å². The quantitative estimate of drug-likeness (QED) is 0.850. The number of benzene rings is 1. The molecule has 0 spiro atoms. The van der Waals surface area contributed by atoms with Crippen LogP contribution < -0.4 is 11.1 Å². The summed E-state index contributed by atoms with van der Waals surface area (Å²) in [5.74, 6) is 2.18. The second-order valence-corrected chi connectivity index (χ2v) is 7.43. The largest absolute Gasteiger partial charge is 0.398 e. The van der Waals surface area contributed by atoms with Crippen molar-refractivity contribution in [3.8, 4) is 0 Å². The SMILES string of the molecule is CC(NC(=O)c1cc2c(s1)CCSC2)c1ccccc1N. The number of rotatable bonds is 3. The summed E-state index contributed by atoms with van der Waals surface area (Å²) in [6.07, 6.45) is 1.08. The number of nitrogen functional groups attached to an aromatic ring is 1. The van der Waals surface area contributed by atoms with Gasteiger partial charge in [-0.15, -0.1) is 11.3 Å². The van der Waals surface area contributed by atoms with Crippen LogP contribution in [-0.2, 0) is 12.2 Å². The van der Waals surface area contributed by atoms with Crippen molar-refractivity contribution in [3.05, 3.63) is 51.2 Å². The highest BCUT2D eigenvalue weighted by molar-refractivity contribution is 7.98. The van der Waals surface area contributed by atoms with Crippen molar-refractivity contribution in [2.45, 2.75) is 25.1 Å². The third kappa shape index (κ3) is 3.09. The fourth-order valence-corrected chi connectivity index (χ4v) is 4.79. The molecule has 2 aromatic rings. The minimum absolute atomic E-state index is 0.00449. The lowest BCUT2D eigenvalue weighted by Gasteiger charge is -2.15. The van der Waals surface area contributed by atoms with E-state index in [2.05, 4.69) is 5.32 Å². The van der Waals surface area contributed by atoms with Crippen LogP contribution in [0.2, 0.25) is 0 Å². The number of nitrogens with one attached hydrogen (secondary N) is 1. The molecule has 0 aliphatic carbocycles. The smallest absolute Gasteiger partial charge is 0.261 e. The van der Waals surface area contributed by atoms with Gasteiger partial charge in [-0.2, -0.15) is 11.8 Å². The van der Waals surface area contributed by atoms with Crippen molar-refractivity contribution >= 4 is 34.7 Å². The molecule has 0 radical (unpaired) electrons. The highest BCUT2D eigenvalue weighted by Gasteiger charge is 2.19. The zero-order chi connectivity index (χ0) is 14.8. The van der Waals surface area contributed by atoms with E-state index in [0.29, 0.717) is 5.69 Å². The van der Waals surface area contributed by atoms with Gasteiger partial charge in [-0.1, -0.05) is 18.2 Å². The normalized spacial score (nSPS) is 15.3. The van der Waals surface area contributed by atoms with Gasteiger partial charge in [-0.25, -0.2) is 0 Å². The lowest BCUT2D eigenvalue weighted by Crippen LogP contribution is -2.26. The van der Waals surface area contributed by atoms with Crippen molar-refractivity contribution in [1.82, 2.24) is 5.32 Å². The van der Waals surface area contributed by atoms with Gasteiger partial charge in [0.15, 0.2) is 0 Å². The third-order valence-electron chi connectivity index (χ3n) is 3.66. The van der Waals surface area contributed by atoms with Gasteiger partial charge < -0.3 is 11.1 Å². The molecule has 1 atom stereocenters. The molecule has 1 aromatic heterocycles. The highest BCUT2D eigenvalue weighted by atomic mass is 32.2. The number of nitrogens with two attached hydrogens (primary N) is 1. The summed E-state index contributed by atoms with van der Waals surface area (Å²) in [5.41, 5.74) is 8.97. The Bertz CT molecular complexity index is 643. The molecule has 1 aliphatic rings. The summed E-state index contributed by atoms with van der Waals surface area (Å²) in [7, 11) is 0. The van der Waals surface area contributed by atoms with E-state index in [9.17, 15) is 4.79 Å². The Kier molecular flexibility index (Phi) is 4.22. The second-order valence-electron chi connectivity index (χ2n) is 5.19. The molecule has 0 saturated carbocycles. The zero-order valence-electron chi connectivity index (χ0n) is 11.9. The first-order valence-corrected chi connectivity index (χ1v) is 8.97. The summed E-state index contributed by atoms with van der Waals surface area (Å²) in [6.45, 7) is 1.97. The van der Waals surface area contributed by atoms with Gasteiger partial charge in [0.2, 0.25) is 0 Å². The number of aryl methyl sites for hydroxylation is 1. The predicted octanol–water partition coefficient (Wildman–Crippen LogP) is 3.61. The zero-order valence-corrected chi connectivity index (χ0v) is 13.5. The first kappa shape index (κ1) is 14.5. The summed E-state index contributed by atoms with van der Waals surface area (Å²) in [5, 5.41) is 3.05. The molecule has 1 amide bonds.